The maximum atomic E-state index is 11.3. The Morgan fingerprint density at radius 3 is 2.93 bits per heavy atom. The lowest BCUT2D eigenvalue weighted by molar-refractivity contribution is 0.995. The van der Waals surface area contributed by atoms with Crippen molar-refractivity contribution in [3.63, 3.8) is 0 Å². The van der Waals surface area contributed by atoms with Gasteiger partial charge in [-0.05, 0) is 12.5 Å². The molecule has 0 saturated carbocycles. The van der Waals surface area contributed by atoms with Crippen molar-refractivity contribution >= 4 is 5.69 Å². The molecule has 0 amide bonds. The van der Waals surface area contributed by atoms with E-state index in [0.29, 0.717) is 5.56 Å². The van der Waals surface area contributed by atoms with Crippen LogP contribution in [-0.4, -0.2) is 10.2 Å². The van der Waals surface area contributed by atoms with E-state index in [1.54, 1.807) is 6.20 Å². The SMILES string of the molecule is Cc1cccc(-c2cn[nH]c(=O)c2N)c1. The minimum Gasteiger partial charge on any atom is -0.394 e. The van der Waals surface area contributed by atoms with Crippen molar-refractivity contribution in [3.8, 4) is 11.1 Å². The number of H-pyrrole nitrogens is 1. The van der Waals surface area contributed by atoms with Gasteiger partial charge >= 0.3 is 0 Å². The van der Waals surface area contributed by atoms with Crippen molar-refractivity contribution in [2.75, 3.05) is 5.73 Å². The molecule has 0 aliphatic carbocycles. The second-order valence-corrected chi connectivity index (χ2v) is 3.40. The molecule has 0 aliphatic heterocycles. The van der Waals surface area contributed by atoms with Crippen LogP contribution < -0.4 is 11.3 Å². The average molecular weight is 201 g/mol. The van der Waals surface area contributed by atoms with Gasteiger partial charge in [-0.2, -0.15) is 5.10 Å². The Morgan fingerprint density at radius 1 is 1.40 bits per heavy atom. The Balaban J connectivity index is 2.64. The van der Waals surface area contributed by atoms with Gasteiger partial charge < -0.3 is 5.73 Å². The second kappa shape index (κ2) is 3.57. The molecular formula is C11H11N3O. The molecule has 15 heavy (non-hydrogen) atoms. The summed E-state index contributed by atoms with van der Waals surface area (Å²) in [7, 11) is 0. The van der Waals surface area contributed by atoms with Crippen molar-refractivity contribution in [2.45, 2.75) is 6.92 Å². The number of anilines is 1. The van der Waals surface area contributed by atoms with E-state index in [1.807, 2.05) is 31.2 Å². The summed E-state index contributed by atoms with van der Waals surface area (Å²) in [5.74, 6) is 0. The highest BCUT2D eigenvalue weighted by molar-refractivity contribution is 5.74. The van der Waals surface area contributed by atoms with E-state index in [1.165, 1.54) is 0 Å². The third-order valence-corrected chi connectivity index (χ3v) is 2.22. The van der Waals surface area contributed by atoms with Crippen LogP contribution >= 0.6 is 0 Å². The third-order valence-electron chi connectivity index (χ3n) is 2.22. The average Bonchev–Trinajstić information content (AvgIpc) is 2.22. The van der Waals surface area contributed by atoms with Crippen LogP contribution in [0.4, 0.5) is 5.69 Å². The number of aromatic nitrogens is 2. The van der Waals surface area contributed by atoms with Crippen molar-refractivity contribution in [1.29, 1.82) is 0 Å². The van der Waals surface area contributed by atoms with E-state index in [-0.39, 0.29) is 11.2 Å². The fourth-order valence-corrected chi connectivity index (χ4v) is 1.45. The Labute approximate surface area is 86.8 Å². The zero-order valence-corrected chi connectivity index (χ0v) is 8.32. The lowest BCUT2D eigenvalue weighted by Gasteiger charge is -2.04. The number of aryl methyl sites for hydroxylation is 1. The molecule has 0 radical (unpaired) electrons. The monoisotopic (exact) mass is 201 g/mol. The maximum Gasteiger partial charge on any atom is 0.287 e. The van der Waals surface area contributed by atoms with Crippen LogP contribution in [0.2, 0.25) is 0 Å². The van der Waals surface area contributed by atoms with Crippen LogP contribution in [0.15, 0.2) is 35.3 Å². The van der Waals surface area contributed by atoms with Gasteiger partial charge in [0.15, 0.2) is 0 Å². The molecule has 0 bridgehead atoms. The molecule has 0 unspecified atom stereocenters. The van der Waals surface area contributed by atoms with E-state index in [2.05, 4.69) is 10.2 Å². The Kier molecular flexibility index (Phi) is 2.25. The summed E-state index contributed by atoms with van der Waals surface area (Å²) in [6.07, 6.45) is 1.56. The van der Waals surface area contributed by atoms with Crippen molar-refractivity contribution in [2.24, 2.45) is 0 Å². The Hall–Kier alpha value is -2.10. The van der Waals surface area contributed by atoms with Crippen LogP contribution in [-0.2, 0) is 0 Å². The number of nitrogens with two attached hydrogens (primary N) is 1. The number of nitrogens with one attached hydrogen (secondary N) is 1. The van der Waals surface area contributed by atoms with Gasteiger partial charge in [-0.1, -0.05) is 29.8 Å². The molecule has 76 valence electrons. The number of rotatable bonds is 1. The molecule has 2 aromatic rings. The van der Waals surface area contributed by atoms with E-state index >= 15 is 0 Å². The Bertz CT molecular complexity index is 546. The van der Waals surface area contributed by atoms with E-state index < -0.39 is 0 Å². The smallest absolute Gasteiger partial charge is 0.287 e. The first-order valence-electron chi connectivity index (χ1n) is 4.58. The highest BCUT2D eigenvalue weighted by atomic mass is 16.1. The highest BCUT2D eigenvalue weighted by Crippen LogP contribution is 2.22. The molecule has 4 nitrogen and oxygen atoms in total. The van der Waals surface area contributed by atoms with Crippen molar-refractivity contribution < 1.29 is 0 Å². The summed E-state index contributed by atoms with van der Waals surface area (Å²) in [6.45, 7) is 1.99. The van der Waals surface area contributed by atoms with E-state index in [4.69, 9.17) is 5.73 Å². The van der Waals surface area contributed by atoms with Crippen molar-refractivity contribution in [1.82, 2.24) is 10.2 Å². The number of aromatic amines is 1. The minimum absolute atomic E-state index is 0.204. The molecule has 1 aromatic heterocycles. The molecule has 1 heterocycles. The predicted molar refractivity (Wildman–Crippen MR) is 59.4 cm³/mol. The van der Waals surface area contributed by atoms with Gasteiger partial charge in [0.2, 0.25) is 0 Å². The molecular weight excluding hydrogens is 190 g/mol. The lowest BCUT2D eigenvalue weighted by Crippen LogP contribution is -2.13. The molecule has 0 atom stereocenters. The topological polar surface area (TPSA) is 71.8 Å². The summed E-state index contributed by atoms with van der Waals surface area (Å²) in [5.41, 5.74) is 8.23. The fraction of sp³-hybridized carbons (Fsp3) is 0.0909. The molecule has 0 saturated heterocycles. The zero-order valence-electron chi connectivity index (χ0n) is 8.32. The molecule has 0 spiro atoms. The van der Waals surface area contributed by atoms with Crippen LogP contribution in [0.3, 0.4) is 0 Å². The van der Waals surface area contributed by atoms with Crippen LogP contribution in [0.1, 0.15) is 5.56 Å². The normalized spacial score (nSPS) is 10.2. The summed E-state index contributed by atoms with van der Waals surface area (Å²) in [6, 6.07) is 7.78. The van der Waals surface area contributed by atoms with Gasteiger partial charge in [0, 0.05) is 5.56 Å². The van der Waals surface area contributed by atoms with Crippen LogP contribution in [0.5, 0.6) is 0 Å². The lowest BCUT2D eigenvalue weighted by atomic mass is 10.0. The van der Waals surface area contributed by atoms with Crippen LogP contribution in [0, 0.1) is 6.92 Å². The molecule has 1 aromatic carbocycles. The van der Waals surface area contributed by atoms with Gasteiger partial charge in [-0.3, -0.25) is 4.79 Å². The Morgan fingerprint density at radius 2 is 2.20 bits per heavy atom. The van der Waals surface area contributed by atoms with Gasteiger partial charge in [0.1, 0.15) is 5.69 Å². The quantitative estimate of drug-likeness (QED) is 0.731. The van der Waals surface area contributed by atoms with Crippen molar-refractivity contribution in [3.05, 3.63) is 46.4 Å². The first-order valence-corrected chi connectivity index (χ1v) is 4.58. The predicted octanol–water partition coefficient (Wildman–Crippen LogP) is 1.33. The number of benzene rings is 1. The van der Waals surface area contributed by atoms with Gasteiger partial charge in [0.05, 0.1) is 6.20 Å². The number of nitrogen functional groups attached to an aromatic ring is 1. The first-order chi connectivity index (χ1) is 7.18. The summed E-state index contributed by atoms with van der Waals surface area (Å²) < 4.78 is 0. The first kappa shape index (κ1) is 9.45. The van der Waals surface area contributed by atoms with E-state index in [9.17, 15) is 4.79 Å². The minimum atomic E-state index is -0.353. The highest BCUT2D eigenvalue weighted by Gasteiger charge is 2.05. The van der Waals surface area contributed by atoms with Gasteiger partial charge in [-0.25, -0.2) is 5.10 Å². The number of nitrogens with zero attached hydrogens (tertiary/aromatic N) is 1. The molecule has 3 N–H and O–H groups in total. The maximum absolute atomic E-state index is 11.3. The van der Waals surface area contributed by atoms with Gasteiger partial charge in [-0.15, -0.1) is 0 Å². The molecule has 4 heteroatoms. The molecule has 0 aliphatic rings. The molecule has 2 rings (SSSR count). The fourth-order valence-electron chi connectivity index (χ4n) is 1.45. The summed E-state index contributed by atoms with van der Waals surface area (Å²) in [4.78, 5) is 11.3. The summed E-state index contributed by atoms with van der Waals surface area (Å²) in [5, 5.41) is 6.03. The standard InChI is InChI=1S/C11H11N3O/c1-7-3-2-4-8(5-7)9-6-13-14-11(15)10(9)12/h2-6H,1H3,(H2,12,13)(H,14,15). The number of hydrogen-bond donors (Lipinski definition) is 2. The third kappa shape index (κ3) is 1.74. The van der Waals surface area contributed by atoms with E-state index in [0.717, 1.165) is 11.1 Å². The zero-order chi connectivity index (χ0) is 10.8. The largest absolute Gasteiger partial charge is 0.394 e. The van der Waals surface area contributed by atoms with Gasteiger partial charge in [0.25, 0.3) is 5.56 Å². The molecule has 0 fully saturated rings. The van der Waals surface area contributed by atoms with Crippen LogP contribution in [0.25, 0.3) is 11.1 Å². The second-order valence-electron chi connectivity index (χ2n) is 3.40. The number of hydrogen-bond acceptors (Lipinski definition) is 3. The summed E-state index contributed by atoms with van der Waals surface area (Å²) >= 11 is 0.